The maximum absolute atomic E-state index is 12.1. The van der Waals surface area contributed by atoms with Crippen LogP contribution in [-0.4, -0.2) is 42.1 Å². The zero-order valence-corrected chi connectivity index (χ0v) is 13.8. The Kier molecular flexibility index (Phi) is 7.14. The SMILES string of the molecule is COc1c(Cl)cc(C(=O)NC(CCSC)C(=O)O)cc1Cl. The van der Waals surface area contributed by atoms with E-state index in [1.807, 2.05) is 6.26 Å². The lowest BCUT2D eigenvalue weighted by molar-refractivity contribution is -0.139. The number of hydrogen-bond acceptors (Lipinski definition) is 4. The van der Waals surface area contributed by atoms with E-state index < -0.39 is 17.9 Å². The van der Waals surface area contributed by atoms with Crippen molar-refractivity contribution in [2.24, 2.45) is 0 Å². The van der Waals surface area contributed by atoms with Gasteiger partial charge < -0.3 is 15.2 Å². The molecule has 1 aromatic rings. The molecule has 2 N–H and O–H groups in total. The van der Waals surface area contributed by atoms with Gasteiger partial charge >= 0.3 is 5.97 Å². The minimum absolute atomic E-state index is 0.182. The molecule has 0 heterocycles. The molecule has 0 fully saturated rings. The standard InChI is InChI=1S/C13H15Cl2NO4S/c1-20-11-8(14)5-7(6-9(11)15)12(17)16-10(13(18)19)3-4-21-2/h5-6,10H,3-4H2,1-2H3,(H,16,17)(H,18,19). The monoisotopic (exact) mass is 351 g/mol. The van der Waals surface area contributed by atoms with Crippen LogP contribution >= 0.6 is 35.0 Å². The van der Waals surface area contributed by atoms with Crippen molar-refractivity contribution in [3.8, 4) is 5.75 Å². The van der Waals surface area contributed by atoms with Gasteiger partial charge in [-0.25, -0.2) is 4.79 Å². The molecule has 8 heteroatoms. The number of amides is 1. The van der Waals surface area contributed by atoms with Gasteiger partial charge in [-0.3, -0.25) is 4.79 Å². The molecule has 1 unspecified atom stereocenters. The van der Waals surface area contributed by atoms with Crippen LogP contribution in [0.2, 0.25) is 10.0 Å². The van der Waals surface area contributed by atoms with E-state index >= 15 is 0 Å². The number of ether oxygens (including phenoxy) is 1. The third-order valence-electron chi connectivity index (χ3n) is 2.68. The Morgan fingerprint density at radius 2 is 1.95 bits per heavy atom. The molecule has 1 aromatic carbocycles. The Bertz CT molecular complexity index is 516. The summed E-state index contributed by atoms with van der Waals surface area (Å²) in [5.41, 5.74) is 0.182. The molecule has 0 aliphatic carbocycles. The van der Waals surface area contributed by atoms with Crippen molar-refractivity contribution < 1.29 is 19.4 Å². The van der Waals surface area contributed by atoms with E-state index in [1.165, 1.54) is 31.0 Å². The largest absolute Gasteiger partial charge is 0.494 e. The summed E-state index contributed by atoms with van der Waals surface area (Å²) >= 11 is 13.4. The molecule has 0 spiro atoms. The Hall–Kier alpha value is -1.11. The molecule has 1 atom stereocenters. The summed E-state index contributed by atoms with van der Waals surface area (Å²) in [4.78, 5) is 23.2. The van der Waals surface area contributed by atoms with Crippen molar-refractivity contribution in [1.82, 2.24) is 5.32 Å². The van der Waals surface area contributed by atoms with Crippen molar-refractivity contribution in [3.05, 3.63) is 27.7 Å². The number of rotatable bonds is 7. The van der Waals surface area contributed by atoms with Crippen LogP contribution in [0.5, 0.6) is 5.75 Å². The average molecular weight is 352 g/mol. The van der Waals surface area contributed by atoms with Crippen LogP contribution in [0.25, 0.3) is 0 Å². The number of carboxylic acids is 1. The molecule has 5 nitrogen and oxygen atoms in total. The smallest absolute Gasteiger partial charge is 0.326 e. The number of hydrogen-bond donors (Lipinski definition) is 2. The second-order valence-corrected chi connectivity index (χ2v) is 5.92. The minimum Gasteiger partial charge on any atom is -0.494 e. The Morgan fingerprint density at radius 3 is 2.38 bits per heavy atom. The van der Waals surface area contributed by atoms with E-state index in [9.17, 15) is 9.59 Å². The van der Waals surface area contributed by atoms with Gasteiger partial charge in [-0.2, -0.15) is 11.8 Å². The highest BCUT2D eigenvalue weighted by Gasteiger charge is 2.21. The molecule has 0 bridgehead atoms. The topological polar surface area (TPSA) is 75.6 Å². The van der Waals surface area contributed by atoms with Crippen molar-refractivity contribution in [1.29, 1.82) is 0 Å². The number of methoxy groups -OCH3 is 1. The summed E-state index contributed by atoms with van der Waals surface area (Å²) < 4.78 is 4.99. The fourth-order valence-corrected chi connectivity index (χ4v) is 2.73. The number of thioether (sulfide) groups is 1. The van der Waals surface area contributed by atoms with E-state index in [0.29, 0.717) is 12.2 Å². The van der Waals surface area contributed by atoms with Crippen molar-refractivity contribution in [3.63, 3.8) is 0 Å². The van der Waals surface area contributed by atoms with E-state index in [2.05, 4.69) is 5.32 Å². The summed E-state index contributed by atoms with van der Waals surface area (Å²) in [5.74, 6) is -0.730. The maximum atomic E-state index is 12.1. The van der Waals surface area contributed by atoms with Gasteiger partial charge in [0.05, 0.1) is 17.2 Å². The number of nitrogens with one attached hydrogen (secondary N) is 1. The first-order valence-electron chi connectivity index (χ1n) is 5.96. The average Bonchev–Trinajstić information content (AvgIpc) is 2.42. The fourth-order valence-electron chi connectivity index (χ4n) is 1.62. The first kappa shape index (κ1) is 17.9. The van der Waals surface area contributed by atoms with Crippen LogP contribution in [0.15, 0.2) is 12.1 Å². The van der Waals surface area contributed by atoms with E-state index in [1.54, 1.807) is 0 Å². The van der Waals surface area contributed by atoms with Gasteiger partial charge in [-0.1, -0.05) is 23.2 Å². The van der Waals surface area contributed by atoms with Gasteiger partial charge in [0.2, 0.25) is 0 Å². The number of benzene rings is 1. The third kappa shape index (κ3) is 4.98. The quantitative estimate of drug-likeness (QED) is 0.789. The van der Waals surface area contributed by atoms with Crippen LogP contribution in [0.3, 0.4) is 0 Å². The van der Waals surface area contributed by atoms with Crippen LogP contribution in [0.4, 0.5) is 0 Å². The molecule has 0 aliphatic rings. The summed E-state index contributed by atoms with van der Waals surface area (Å²) in [6.07, 6.45) is 2.20. The van der Waals surface area contributed by atoms with Crippen LogP contribution in [0.1, 0.15) is 16.8 Å². The molecule has 21 heavy (non-hydrogen) atoms. The Balaban J connectivity index is 2.90. The van der Waals surface area contributed by atoms with Gasteiger partial charge in [0.15, 0.2) is 5.75 Å². The lowest BCUT2D eigenvalue weighted by Crippen LogP contribution is -2.41. The van der Waals surface area contributed by atoms with Crippen LogP contribution < -0.4 is 10.1 Å². The molecular formula is C13H15Cl2NO4S. The van der Waals surface area contributed by atoms with Crippen LogP contribution in [0, 0.1) is 0 Å². The van der Waals surface area contributed by atoms with E-state index in [-0.39, 0.29) is 21.4 Å². The highest BCUT2D eigenvalue weighted by Crippen LogP contribution is 2.33. The summed E-state index contributed by atoms with van der Waals surface area (Å²) in [6.45, 7) is 0. The normalized spacial score (nSPS) is 11.8. The first-order chi connectivity index (χ1) is 9.90. The Morgan fingerprint density at radius 1 is 1.38 bits per heavy atom. The van der Waals surface area contributed by atoms with Gasteiger partial charge in [-0.05, 0) is 30.6 Å². The zero-order valence-electron chi connectivity index (χ0n) is 11.5. The molecule has 0 radical (unpaired) electrons. The molecule has 0 aromatic heterocycles. The molecule has 1 amide bonds. The van der Waals surface area contributed by atoms with Crippen molar-refractivity contribution >= 4 is 46.8 Å². The van der Waals surface area contributed by atoms with Crippen molar-refractivity contribution in [2.75, 3.05) is 19.1 Å². The molecule has 0 aliphatic heterocycles. The molecule has 0 saturated heterocycles. The summed E-state index contributed by atoms with van der Waals surface area (Å²) in [7, 11) is 1.41. The lowest BCUT2D eigenvalue weighted by atomic mass is 10.1. The number of aliphatic carboxylic acids is 1. The fraction of sp³-hybridized carbons (Fsp3) is 0.385. The number of halogens is 2. The minimum atomic E-state index is -1.08. The second-order valence-electron chi connectivity index (χ2n) is 4.12. The van der Waals surface area contributed by atoms with E-state index in [0.717, 1.165) is 0 Å². The first-order valence-corrected chi connectivity index (χ1v) is 8.11. The zero-order chi connectivity index (χ0) is 16.0. The lowest BCUT2D eigenvalue weighted by Gasteiger charge is -2.15. The summed E-state index contributed by atoms with van der Waals surface area (Å²) in [6, 6.07) is 1.81. The predicted octanol–water partition coefficient (Wildman–Crippen LogP) is 2.94. The number of carboxylic acid groups (broad SMARTS) is 1. The molecular weight excluding hydrogens is 337 g/mol. The van der Waals surface area contributed by atoms with Gasteiger partial charge in [0, 0.05) is 5.56 Å². The predicted molar refractivity (Wildman–Crippen MR) is 84.9 cm³/mol. The second kappa shape index (κ2) is 8.36. The van der Waals surface area contributed by atoms with Gasteiger partial charge in [0.1, 0.15) is 6.04 Å². The Labute approximate surface area is 136 Å². The molecule has 116 valence electrons. The van der Waals surface area contributed by atoms with Gasteiger partial charge in [0.25, 0.3) is 5.91 Å². The van der Waals surface area contributed by atoms with Crippen molar-refractivity contribution in [2.45, 2.75) is 12.5 Å². The number of carbonyl (C=O) groups excluding carboxylic acids is 1. The van der Waals surface area contributed by atoms with E-state index in [4.69, 9.17) is 33.0 Å². The molecule has 1 rings (SSSR count). The van der Waals surface area contributed by atoms with Gasteiger partial charge in [-0.15, -0.1) is 0 Å². The van der Waals surface area contributed by atoms with Crippen LogP contribution in [-0.2, 0) is 4.79 Å². The maximum Gasteiger partial charge on any atom is 0.326 e. The highest BCUT2D eigenvalue weighted by molar-refractivity contribution is 7.98. The highest BCUT2D eigenvalue weighted by atomic mass is 35.5. The number of carbonyl (C=O) groups is 2. The summed E-state index contributed by atoms with van der Waals surface area (Å²) in [5, 5.41) is 11.9. The third-order valence-corrected chi connectivity index (χ3v) is 3.88. The molecule has 0 saturated carbocycles.